The number of hydrogen-bond donors (Lipinski definition) is 0. The van der Waals surface area contributed by atoms with Gasteiger partial charge in [0.25, 0.3) is 0 Å². The minimum atomic E-state index is 0.333. The highest BCUT2D eigenvalue weighted by Crippen LogP contribution is 2.19. The smallest absolute Gasteiger partial charge is 0.0411 e. The number of hydrogen-bond acceptors (Lipinski definition) is 1. The van der Waals surface area contributed by atoms with Crippen LogP contribution in [0.5, 0.6) is 0 Å². The van der Waals surface area contributed by atoms with Crippen molar-refractivity contribution >= 4 is 0 Å². The first kappa shape index (κ1) is 10.2. The Morgan fingerprint density at radius 2 is 2.00 bits per heavy atom. The largest absolute Gasteiger partial charge is 0.261 e. The van der Waals surface area contributed by atoms with Crippen LogP contribution in [0, 0.1) is 5.41 Å². The topological polar surface area (TPSA) is 12.9 Å². The molecule has 1 aromatic rings. The van der Waals surface area contributed by atoms with Gasteiger partial charge in [-0.3, -0.25) is 4.98 Å². The monoisotopic (exact) mass is 177 g/mol. The molecule has 0 atom stereocenters. The van der Waals surface area contributed by atoms with Gasteiger partial charge in [0.15, 0.2) is 0 Å². The van der Waals surface area contributed by atoms with Crippen LogP contribution in [-0.4, -0.2) is 4.98 Å². The molecule has 13 heavy (non-hydrogen) atoms. The van der Waals surface area contributed by atoms with Gasteiger partial charge in [0.1, 0.15) is 0 Å². The van der Waals surface area contributed by atoms with E-state index in [2.05, 4.69) is 44.8 Å². The van der Waals surface area contributed by atoms with Crippen molar-refractivity contribution in [2.24, 2.45) is 5.41 Å². The maximum absolute atomic E-state index is 4.37. The molecule has 0 aliphatic carbocycles. The highest BCUT2D eigenvalue weighted by molar-refractivity contribution is 5.16. The second-order valence-electron chi connectivity index (χ2n) is 4.75. The summed E-state index contributed by atoms with van der Waals surface area (Å²) in [5, 5.41) is 0. The number of rotatable bonds is 2. The van der Waals surface area contributed by atoms with Crippen molar-refractivity contribution in [1.82, 2.24) is 4.98 Å². The van der Waals surface area contributed by atoms with Crippen LogP contribution in [0.2, 0.25) is 0 Å². The van der Waals surface area contributed by atoms with E-state index in [1.807, 2.05) is 6.20 Å². The van der Waals surface area contributed by atoms with Crippen molar-refractivity contribution in [3.8, 4) is 0 Å². The van der Waals surface area contributed by atoms with Crippen molar-refractivity contribution < 1.29 is 0 Å². The standard InChI is InChI=1S/C12H19N/c1-5-10-6-7-13-11(8-10)9-12(2,3)4/h6-8H,5,9H2,1-4H3. The number of nitrogens with zero attached hydrogens (tertiary/aromatic N) is 1. The molecular formula is C12H19N. The first-order valence-corrected chi connectivity index (χ1v) is 4.95. The molecule has 0 N–H and O–H groups in total. The number of pyridine rings is 1. The molecule has 0 unspecified atom stereocenters. The quantitative estimate of drug-likeness (QED) is 0.676. The fourth-order valence-electron chi connectivity index (χ4n) is 1.39. The first-order valence-electron chi connectivity index (χ1n) is 4.95. The van der Waals surface area contributed by atoms with Crippen LogP contribution in [0.4, 0.5) is 0 Å². The average Bonchev–Trinajstić information content (AvgIpc) is 2.01. The predicted octanol–water partition coefficient (Wildman–Crippen LogP) is 3.23. The molecule has 0 fully saturated rings. The molecule has 0 saturated carbocycles. The van der Waals surface area contributed by atoms with Gasteiger partial charge in [0.05, 0.1) is 0 Å². The summed E-state index contributed by atoms with van der Waals surface area (Å²) < 4.78 is 0. The van der Waals surface area contributed by atoms with E-state index in [0.29, 0.717) is 5.41 Å². The zero-order chi connectivity index (χ0) is 9.90. The second kappa shape index (κ2) is 3.91. The first-order chi connectivity index (χ1) is 6.01. The second-order valence-corrected chi connectivity index (χ2v) is 4.75. The Morgan fingerprint density at radius 1 is 1.31 bits per heavy atom. The SMILES string of the molecule is CCc1ccnc(CC(C)(C)C)c1. The van der Waals surface area contributed by atoms with Gasteiger partial charge in [-0.25, -0.2) is 0 Å². The summed E-state index contributed by atoms with van der Waals surface area (Å²) in [4.78, 5) is 4.37. The zero-order valence-corrected chi connectivity index (χ0v) is 9.09. The summed E-state index contributed by atoms with van der Waals surface area (Å²) >= 11 is 0. The van der Waals surface area contributed by atoms with Gasteiger partial charge in [-0.15, -0.1) is 0 Å². The Kier molecular flexibility index (Phi) is 3.07. The fraction of sp³-hybridized carbons (Fsp3) is 0.583. The van der Waals surface area contributed by atoms with Gasteiger partial charge in [0, 0.05) is 11.9 Å². The molecular weight excluding hydrogens is 158 g/mol. The van der Waals surface area contributed by atoms with E-state index in [0.717, 1.165) is 12.8 Å². The zero-order valence-electron chi connectivity index (χ0n) is 9.09. The summed E-state index contributed by atoms with van der Waals surface area (Å²) in [6, 6.07) is 4.30. The lowest BCUT2D eigenvalue weighted by atomic mass is 9.90. The number of aryl methyl sites for hydroxylation is 1. The molecule has 1 rings (SSSR count). The predicted molar refractivity (Wildman–Crippen MR) is 56.8 cm³/mol. The molecule has 1 heterocycles. The summed E-state index contributed by atoms with van der Waals surface area (Å²) in [7, 11) is 0. The highest BCUT2D eigenvalue weighted by Gasteiger charge is 2.11. The van der Waals surface area contributed by atoms with Gasteiger partial charge in [-0.05, 0) is 36.0 Å². The van der Waals surface area contributed by atoms with Gasteiger partial charge in [0.2, 0.25) is 0 Å². The van der Waals surface area contributed by atoms with Crippen LogP contribution in [-0.2, 0) is 12.8 Å². The Labute approximate surface area is 81.2 Å². The molecule has 0 radical (unpaired) electrons. The lowest BCUT2D eigenvalue weighted by Gasteiger charge is -2.17. The summed E-state index contributed by atoms with van der Waals surface area (Å²) in [6.45, 7) is 8.91. The fourth-order valence-corrected chi connectivity index (χ4v) is 1.39. The molecule has 0 aromatic carbocycles. The molecule has 0 aliphatic rings. The maximum Gasteiger partial charge on any atom is 0.0411 e. The Bertz CT molecular complexity index is 271. The normalized spacial score (nSPS) is 11.7. The molecule has 72 valence electrons. The van der Waals surface area contributed by atoms with Crippen LogP contribution in [0.3, 0.4) is 0 Å². The molecule has 0 saturated heterocycles. The lowest BCUT2D eigenvalue weighted by Crippen LogP contribution is -2.10. The third-order valence-corrected chi connectivity index (χ3v) is 2.00. The Balaban J connectivity index is 2.78. The van der Waals surface area contributed by atoms with E-state index in [4.69, 9.17) is 0 Å². The van der Waals surface area contributed by atoms with Gasteiger partial charge in [-0.2, -0.15) is 0 Å². The number of aromatic nitrogens is 1. The average molecular weight is 177 g/mol. The maximum atomic E-state index is 4.37. The molecule has 0 bridgehead atoms. The van der Waals surface area contributed by atoms with E-state index in [1.54, 1.807) is 0 Å². The van der Waals surface area contributed by atoms with E-state index in [1.165, 1.54) is 11.3 Å². The van der Waals surface area contributed by atoms with Crippen LogP contribution in [0.25, 0.3) is 0 Å². The summed E-state index contributed by atoms with van der Waals surface area (Å²) in [5.74, 6) is 0. The van der Waals surface area contributed by atoms with Crippen molar-refractivity contribution in [1.29, 1.82) is 0 Å². The van der Waals surface area contributed by atoms with Crippen molar-refractivity contribution in [3.63, 3.8) is 0 Å². The van der Waals surface area contributed by atoms with Crippen molar-refractivity contribution in [2.75, 3.05) is 0 Å². The van der Waals surface area contributed by atoms with E-state index in [9.17, 15) is 0 Å². The van der Waals surface area contributed by atoms with Crippen molar-refractivity contribution in [3.05, 3.63) is 29.6 Å². The van der Waals surface area contributed by atoms with E-state index in [-0.39, 0.29) is 0 Å². The van der Waals surface area contributed by atoms with E-state index >= 15 is 0 Å². The van der Waals surface area contributed by atoms with Crippen LogP contribution < -0.4 is 0 Å². The lowest BCUT2D eigenvalue weighted by molar-refractivity contribution is 0.406. The minimum Gasteiger partial charge on any atom is -0.261 e. The molecule has 1 heteroatoms. The van der Waals surface area contributed by atoms with Crippen molar-refractivity contribution in [2.45, 2.75) is 40.5 Å². The molecule has 0 amide bonds. The molecule has 0 spiro atoms. The third-order valence-electron chi connectivity index (χ3n) is 2.00. The minimum absolute atomic E-state index is 0.333. The van der Waals surface area contributed by atoms with Crippen LogP contribution >= 0.6 is 0 Å². The third kappa shape index (κ3) is 3.58. The van der Waals surface area contributed by atoms with Gasteiger partial charge >= 0.3 is 0 Å². The van der Waals surface area contributed by atoms with Crippen LogP contribution in [0.1, 0.15) is 39.0 Å². The Hall–Kier alpha value is -0.850. The Morgan fingerprint density at radius 3 is 2.54 bits per heavy atom. The molecule has 1 nitrogen and oxygen atoms in total. The highest BCUT2D eigenvalue weighted by atomic mass is 14.7. The summed E-state index contributed by atoms with van der Waals surface area (Å²) in [5.41, 5.74) is 2.93. The van der Waals surface area contributed by atoms with Crippen LogP contribution in [0.15, 0.2) is 18.3 Å². The van der Waals surface area contributed by atoms with E-state index < -0.39 is 0 Å². The van der Waals surface area contributed by atoms with Gasteiger partial charge < -0.3 is 0 Å². The molecule has 0 aliphatic heterocycles. The summed E-state index contributed by atoms with van der Waals surface area (Å²) in [6.07, 6.45) is 4.07. The molecule has 1 aromatic heterocycles. The van der Waals surface area contributed by atoms with Gasteiger partial charge in [-0.1, -0.05) is 27.7 Å².